The summed E-state index contributed by atoms with van der Waals surface area (Å²) in [7, 11) is 0. The van der Waals surface area contributed by atoms with E-state index in [0.717, 1.165) is 135 Å². The van der Waals surface area contributed by atoms with Gasteiger partial charge in [-0.2, -0.15) is 0 Å². The SMILES string of the molecule is CC/C=C\C/C=C\C/C=C\C/C=C\C/C=C\C/C=C\C/C=C\C/C=C\CCCCCCC(=O)OCC(COC(=O)C/C=C\C/C=C\C/C=C\C/C=C\C/C=C\CC)OC(=O)CCCCCCCCCCCCCCCCCC. The van der Waals surface area contributed by atoms with Crippen LogP contribution < -0.4 is 0 Å². The highest BCUT2D eigenvalue weighted by Crippen LogP contribution is 2.15. The third-order valence-corrected chi connectivity index (χ3v) is 12.8. The minimum atomic E-state index is -0.835. The summed E-state index contributed by atoms with van der Waals surface area (Å²) in [4.78, 5) is 38.2. The Morgan fingerprint density at radius 3 is 0.897 bits per heavy atom. The van der Waals surface area contributed by atoms with Gasteiger partial charge in [-0.05, 0) is 109 Å². The molecule has 0 amide bonds. The van der Waals surface area contributed by atoms with Crippen molar-refractivity contribution in [3.05, 3.63) is 158 Å². The van der Waals surface area contributed by atoms with Crippen LogP contribution in [0, 0.1) is 0 Å². The van der Waals surface area contributed by atoms with Crippen LogP contribution in [0.25, 0.3) is 0 Å². The van der Waals surface area contributed by atoms with E-state index in [1.807, 2.05) is 6.08 Å². The fourth-order valence-electron chi connectivity index (χ4n) is 8.18. The summed E-state index contributed by atoms with van der Waals surface area (Å²) in [6.45, 7) is 6.30. The zero-order chi connectivity index (χ0) is 56.4. The molecule has 0 aliphatic carbocycles. The molecular formula is C72H114O6. The first-order valence-corrected chi connectivity index (χ1v) is 31.5. The van der Waals surface area contributed by atoms with E-state index in [9.17, 15) is 14.4 Å². The Hall–Kier alpha value is -4.97. The molecule has 0 aromatic rings. The van der Waals surface area contributed by atoms with Gasteiger partial charge in [0.25, 0.3) is 0 Å². The number of hydrogen-bond acceptors (Lipinski definition) is 6. The minimum Gasteiger partial charge on any atom is -0.462 e. The number of carbonyl (C=O) groups excluding carboxylic acids is 3. The van der Waals surface area contributed by atoms with Crippen LogP contribution in [0.3, 0.4) is 0 Å². The van der Waals surface area contributed by atoms with E-state index in [0.29, 0.717) is 12.8 Å². The van der Waals surface area contributed by atoms with E-state index >= 15 is 0 Å². The number of unbranched alkanes of at least 4 members (excludes halogenated alkanes) is 19. The van der Waals surface area contributed by atoms with Gasteiger partial charge in [-0.15, -0.1) is 0 Å². The van der Waals surface area contributed by atoms with Crippen LogP contribution in [0.5, 0.6) is 0 Å². The van der Waals surface area contributed by atoms with Crippen molar-refractivity contribution in [2.45, 2.75) is 264 Å². The highest BCUT2D eigenvalue weighted by molar-refractivity contribution is 5.72. The molecule has 6 nitrogen and oxygen atoms in total. The average molecular weight is 1080 g/mol. The van der Waals surface area contributed by atoms with Crippen molar-refractivity contribution in [1.82, 2.24) is 0 Å². The Bertz CT molecular complexity index is 1760. The van der Waals surface area contributed by atoms with Gasteiger partial charge in [0, 0.05) is 12.8 Å². The predicted molar refractivity (Wildman–Crippen MR) is 338 cm³/mol. The maximum atomic E-state index is 12.9. The summed E-state index contributed by atoms with van der Waals surface area (Å²) >= 11 is 0. The first kappa shape index (κ1) is 73.0. The van der Waals surface area contributed by atoms with Crippen molar-refractivity contribution >= 4 is 17.9 Å². The number of allylic oxidation sites excluding steroid dienone is 25. The largest absolute Gasteiger partial charge is 0.462 e. The Balaban J connectivity index is 4.47. The van der Waals surface area contributed by atoms with Crippen LogP contribution in [0.15, 0.2) is 158 Å². The Morgan fingerprint density at radius 1 is 0.282 bits per heavy atom. The maximum absolute atomic E-state index is 12.9. The quantitative estimate of drug-likeness (QED) is 0.0261. The molecule has 438 valence electrons. The van der Waals surface area contributed by atoms with Gasteiger partial charge in [-0.3, -0.25) is 14.4 Å². The fourth-order valence-corrected chi connectivity index (χ4v) is 8.18. The second-order valence-electron chi connectivity index (χ2n) is 20.2. The van der Waals surface area contributed by atoms with Crippen LogP contribution in [0.1, 0.15) is 258 Å². The van der Waals surface area contributed by atoms with E-state index in [4.69, 9.17) is 14.2 Å². The third-order valence-electron chi connectivity index (χ3n) is 12.8. The molecule has 0 aromatic heterocycles. The Morgan fingerprint density at radius 2 is 0.551 bits per heavy atom. The highest BCUT2D eigenvalue weighted by Gasteiger charge is 2.19. The van der Waals surface area contributed by atoms with E-state index in [1.54, 1.807) is 6.08 Å². The van der Waals surface area contributed by atoms with Crippen molar-refractivity contribution in [3.63, 3.8) is 0 Å². The number of esters is 3. The summed E-state index contributed by atoms with van der Waals surface area (Å²) in [6, 6.07) is 0. The maximum Gasteiger partial charge on any atom is 0.309 e. The minimum absolute atomic E-state index is 0.117. The number of carbonyl (C=O) groups is 3. The van der Waals surface area contributed by atoms with Crippen LogP contribution in [0.2, 0.25) is 0 Å². The zero-order valence-electron chi connectivity index (χ0n) is 50.1. The molecule has 0 saturated heterocycles. The molecule has 0 heterocycles. The second-order valence-corrected chi connectivity index (χ2v) is 20.2. The van der Waals surface area contributed by atoms with Gasteiger partial charge in [0.1, 0.15) is 13.2 Å². The third kappa shape index (κ3) is 61.9. The van der Waals surface area contributed by atoms with Gasteiger partial charge in [0.05, 0.1) is 6.42 Å². The molecule has 0 aliphatic rings. The van der Waals surface area contributed by atoms with Gasteiger partial charge < -0.3 is 14.2 Å². The molecule has 0 aliphatic heterocycles. The molecule has 0 fully saturated rings. The molecule has 0 rings (SSSR count). The molecule has 1 atom stereocenters. The standard InChI is InChI=1S/C72H114O6/c1-4-7-10-13-16-19-22-25-28-30-31-32-33-34-35-36-37-38-39-40-41-42-45-47-50-53-56-59-62-65-71(74)77-68-69(67-76-70(73)64-61-58-55-52-49-46-43-27-24-21-18-15-12-9-6-3)78-72(75)66-63-60-57-54-51-48-44-29-26-23-20-17-14-11-8-5-2/h7,9-10,12,16,18-19,21,25,27-28,31-32,34-35,37-38,40-41,43,45,47,49,52,58,61,69H,4-6,8,11,13-15,17,20,22-24,26,29-30,33,36,39,42,44,46,48,50-51,53-57,59-60,62-68H2,1-3H3/b10-7-,12-9-,19-16-,21-18-,28-25-,32-31-,35-34-,38-37-,41-40-,43-27-,47-45-,52-49-,61-58-. The predicted octanol–water partition coefficient (Wildman–Crippen LogP) is 21.7. The summed E-state index contributed by atoms with van der Waals surface area (Å²) in [5.74, 6) is -1.08. The van der Waals surface area contributed by atoms with Crippen molar-refractivity contribution in [1.29, 1.82) is 0 Å². The molecule has 0 radical (unpaired) electrons. The second kappa shape index (κ2) is 64.6. The molecule has 0 N–H and O–H groups in total. The fraction of sp³-hybridized carbons (Fsp3) is 0.597. The average Bonchev–Trinajstić information content (AvgIpc) is 3.44. The zero-order valence-corrected chi connectivity index (χ0v) is 50.1. The molecule has 6 heteroatoms. The topological polar surface area (TPSA) is 78.9 Å². The van der Waals surface area contributed by atoms with Gasteiger partial charge in [-0.25, -0.2) is 0 Å². The molecule has 0 spiro atoms. The van der Waals surface area contributed by atoms with Gasteiger partial charge in [0.15, 0.2) is 6.10 Å². The van der Waals surface area contributed by atoms with Gasteiger partial charge in [0.2, 0.25) is 0 Å². The molecule has 1 unspecified atom stereocenters. The highest BCUT2D eigenvalue weighted by atomic mass is 16.6. The first-order valence-electron chi connectivity index (χ1n) is 31.5. The first-order chi connectivity index (χ1) is 38.5. The monoisotopic (exact) mass is 1070 g/mol. The number of hydrogen-bond donors (Lipinski definition) is 0. The van der Waals surface area contributed by atoms with Crippen molar-refractivity contribution in [3.8, 4) is 0 Å². The molecular weight excluding hydrogens is 961 g/mol. The van der Waals surface area contributed by atoms with E-state index in [-0.39, 0.29) is 31.6 Å². The van der Waals surface area contributed by atoms with Gasteiger partial charge >= 0.3 is 17.9 Å². The van der Waals surface area contributed by atoms with Crippen molar-refractivity contribution in [2.24, 2.45) is 0 Å². The Kier molecular flexibility index (Phi) is 60.4. The summed E-state index contributed by atoms with van der Waals surface area (Å²) in [5, 5.41) is 0. The van der Waals surface area contributed by atoms with Crippen molar-refractivity contribution < 1.29 is 28.6 Å². The van der Waals surface area contributed by atoms with Gasteiger partial charge in [-0.1, -0.05) is 288 Å². The lowest BCUT2D eigenvalue weighted by Gasteiger charge is -2.18. The number of ether oxygens (including phenoxy) is 3. The summed E-state index contributed by atoms with van der Waals surface area (Å²) in [6.07, 6.45) is 94.1. The molecule has 78 heavy (non-hydrogen) atoms. The van der Waals surface area contributed by atoms with Crippen LogP contribution in [-0.2, 0) is 28.6 Å². The lowest BCUT2D eigenvalue weighted by molar-refractivity contribution is -0.166. The molecule has 0 aromatic carbocycles. The lowest BCUT2D eigenvalue weighted by atomic mass is 10.0. The Labute approximate surface area is 480 Å². The summed E-state index contributed by atoms with van der Waals surface area (Å²) in [5.41, 5.74) is 0. The molecule has 0 saturated carbocycles. The van der Waals surface area contributed by atoms with Crippen LogP contribution in [0.4, 0.5) is 0 Å². The normalized spacial score (nSPS) is 13.2. The summed E-state index contributed by atoms with van der Waals surface area (Å²) < 4.78 is 16.8. The van der Waals surface area contributed by atoms with E-state index in [2.05, 4.69) is 167 Å². The van der Waals surface area contributed by atoms with Crippen molar-refractivity contribution in [2.75, 3.05) is 13.2 Å². The van der Waals surface area contributed by atoms with Crippen LogP contribution in [-0.4, -0.2) is 37.2 Å². The van der Waals surface area contributed by atoms with Crippen LogP contribution >= 0.6 is 0 Å². The molecule has 0 bridgehead atoms. The smallest absolute Gasteiger partial charge is 0.309 e. The van der Waals surface area contributed by atoms with E-state index < -0.39 is 12.1 Å². The lowest BCUT2D eigenvalue weighted by Crippen LogP contribution is -2.30. The number of rotatable bonds is 55. The van der Waals surface area contributed by atoms with E-state index in [1.165, 1.54) is 83.5 Å².